The first kappa shape index (κ1) is 38.6. The predicted octanol–water partition coefficient (Wildman–Crippen LogP) is 3.75. The molecule has 55 heavy (non-hydrogen) atoms. The highest BCUT2D eigenvalue weighted by Crippen LogP contribution is 2.59. The summed E-state index contributed by atoms with van der Waals surface area (Å²) in [6.45, 7) is 4.94. The molecule has 0 spiro atoms. The molecule has 3 heterocycles. The molecule has 13 heteroatoms. The first-order valence-corrected chi connectivity index (χ1v) is 18.7. The van der Waals surface area contributed by atoms with Crippen LogP contribution in [0.25, 0.3) is 6.08 Å². The highest BCUT2D eigenvalue weighted by molar-refractivity contribution is 5.94. The van der Waals surface area contributed by atoms with Gasteiger partial charge in [0.1, 0.15) is 42.0 Å². The number of fused-ring (bicyclic) bond motifs is 4. The molecule has 4 aliphatic rings. The molecule has 292 valence electrons. The van der Waals surface area contributed by atoms with Gasteiger partial charge in [0, 0.05) is 24.0 Å². The second-order valence-corrected chi connectivity index (χ2v) is 15.3. The van der Waals surface area contributed by atoms with E-state index in [2.05, 4.69) is 5.32 Å². The molecule has 7 rings (SSSR count). The summed E-state index contributed by atoms with van der Waals surface area (Å²) in [6, 6.07) is 24.4. The van der Waals surface area contributed by atoms with E-state index < -0.39 is 77.8 Å². The maximum atomic E-state index is 14.9. The third kappa shape index (κ3) is 7.52. The summed E-state index contributed by atoms with van der Waals surface area (Å²) >= 11 is 0. The number of rotatable bonds is 14. The largest absolute Gasteiger partial charge is 0.499 e. The van der Waals surface area contributed by atoms with E-state index in [1.54, 1.807) is 26.8 Å². The van der Waals surface area contributed by atoms with Gasteiger partial charge < -0.3 is 39.2 Å². The van der Waals surface area contributed by atoms with Crippen LogP contribution in [0.15, 0.2) is 91.2 Å². The van der Waals surface area contributed by atoms with Gasteiger partial charge in [-0.2, -0.15) is 5.06 Å². The van der Waals surface area contributed by atoms with Gasteiger partial charge >= 0.3 is 11.9 Å². The Hall–Kier alpha value is -4.63. The van der Waals surface area contributed by atoms with Gasteiger partial charge in [0.25, 0.3) is 0 Å². The zero-order chi connectivity index (χ0) is 38.8. The molecule has 0 aromatic heterocycles. The first-order valence-electron chi connectivity index (χ1n) is 18.7. The van der Waals surface area contributed by atoms with Gasteiger partial charge in [-0.3, -0.25) is 19.2 Å². The standard InChI is InChI=1S/C42H48N2O11/c1-40(2,3)52-33(47)19-18-31(26-46)43-39(49)41-24-32-34-35(54-42(53-34,29-14-6-4-7-15-29)30-16-8-5-9-17-30)37(41)55-44(36(41)38(48)51-32)25-28-13-11-10-12-27(28)20-22-50-23-21-45/h4-17,20,22,31-32,34-37,45-46H,18-19,21,23-26H2,1-3H3,(H,43,49). The lowest BCUT2D eigenvalue weighted by molar-refractivity contribution is -0.213. The Balaban J connectivity index is 1.26. The van der Waals surface area contributed by atoms with Gasteiger partial charge in [0.2, 0.25) is 11.7 Å². The average molecular weight is 757 g/mol. The lowest BCUT2D eigenvalue weighted by atomic mass is 9.62. The van der Waals surface area contributed by atoms with Crippen molar-refractivity contribution in [1.29, 1.82) is 0 Å². The second-order valence-electron chi connectivity index (χ2n) is 15.3. The molecule has 7 atom stereocenters. The summed E-state index contributed by atoms with van der Waals surface area (Å²) in [5.41, 5.74) is 0.739. The number of nitrogens with one attached hydrogen (secondary N) is 1. The molecule has 7 unspecified atom stereocenters. The predicted molar refractivity (Wildman–Crippen MR) is 197 cm³/mol. The molecule has 3 N–H and O–H groups in total. The Bertz CT molecular complexity index is 1830. The number of hydrogen-bond acceptors (Lipinski definition) is 12. The van der Waals surface area contributed by atoms with E-state index >= 15 is 0 Å². The molecule has 2 bridgehead atoms. The van der Waals surface area contributed by atoms with Crippen LogP contribution in [0.4, 0.5) is 0 Å². The van der Waals surface area contributed by atoms with E-state index in [9.17, 15) is 19.5 Å². The van der Waals surface area contributed by atoms with Crippen LogP contribution in [0.5, 0.6) is 0 Å². The number of carbonyl (C=O) groups is 3. The number of aliphatic hydroxyl groups excluding tert-OH is 2. The SMILES string of the molecule is CC(C)(C)OC(=O)CCC(CO)NC(=O)C12CC3OC(=O)C1N(Cc1ccccc1C=COCCO)OC2C1OC(c2ccccc2)(c2ccccc2)OC31. The maximum absolute atomic E-state index is 14.9. The van der Waals surface area contributed by atoms with Crippen molar-refractivity contribution in [3.63, 3.8) is 0 Å². The Morgan fingerprint density at radius 3 is 2.27 bits per heavy atom. The zero-order valence-electron chi connectivity index (χ0n) is 31.2. The number of hydrogen-bond donors (Lipinski definition) is 3. The fourth-order valence-corrected chi connectivity index (χ4v) is 8.15. The minimum atomic E-state index is -1.54. The van der Waals surface area contributed by atoms with E-state index in [1.165, 1.54) is 11.3 Å². The van der Waals surface area contributed by atoms with Crippen molar-refractivity contribution in [2.45, 2.75) is 94.5 Å². The van der Waals surface area contributed by atoms with Crippen LogP contribution in [0, 0.1) is 5.41 Å². The molecule has 4 fully saturated rings. The molecular weight excluding hydrogens is 708 g/mol. The maximum Gasteiger partial charge on any atom is 0.327 e. The van der Waals surface area contributed by atoms with Crippen molar-refractivity contribution >= 4 is 23.9 Å². The van der Waals surface area contributed by atoms with Crippen LogP contribution >= 0.6 is 0 Å². The van der Waals surface area contributed by atoms with Crippen molar-refractivity contribution in [3.8, 4) is 0 Å². The van der Waals surface area contributed by atoms with Crippen LogP contribution in [0.2, 0.25) is 0 Å². The fourth-order valence-electron chi connectivity index (χ4n) is 8.15. The number of amides is 1. The molecule has 1 saturated carbocycles. The van der Waals surface area contributed by atoms with E-state index in [-0.39, 0.29) is 39.0 Å². The lowest BCUT2D eigenvalue weighted by Crippen LogP contribution is -2.70. The van der Waals surface area contributed by atoms with Gasteiger partial charge in [-0.25, -0.2) is 0 Å². The number of ether oxygens (including phenoxy) is 5. The lowest BCUT2D eigenvalue weighted by Gasteiger charge is -2.49. The van der Waals surface area contributed by atoms with Gasteiger partial charge in [0.15, 0.2) is 6.04 Å². The highest BCUT2D eigenvalue weighted by Gasteiger charge is 2.76. The Morgan fingerprint density at radius 1 is 0.964 bits per heavy atom. The zero-order valence-corrected chi connectivity index (χ0v) is 31.2. The van der Waals surface area contributed by atoms with Gasteiger partial charge in [-0.15, -0.1) is 0 Å². The number of hydroxylamine groups is 2. The van der Waals surface area contributed by atoms with Gasteiger partial charge in [0.05, 0.1) is 32.1 Å². The molecular formula is C42H48N2O11. The van der Waals surface area contributed by atoms with E-state index in [1.807, 2.05) is 84.9 Å². The summed E-state index contributed by atoms with van der Waals surface area (Å²) in [4.78, 5) is 48.6. The minimum absolute atomic E-state index is 0.0411. The second kappa shape index (κ2) is 15.8. The number of aliphatic hydroxyl groups is 2. The summed E-state index contributed by atoms with van der Waals surface area (Å²) in [6.07, 6.45) is -0.235. The minimum Gasteiger partial charge on any atom is -0.499 e. The molecule has 13 nitrogen and oxygen atoms in total. The summed E-state index contributed by atoms with van der Waals surface area (Å²) in [5.74, 6) is -3.06. The number of carbonyl (C=O) groups excluding carboxylic acids is 3. The van der Waals surface area contributed by atoms with Crippen LogP contribution in [0.1, 0.15) is 62.3 Å². The summed E-state index contributed by atoms with van der Waals surface area (Å²) < 4.78 is 31.0. The number of benzene rings is 3. The molecule has 1 amide bonds. The van der Waals surface area contributed by atoms with E-state index in [4.69, 9.17) is 33.6 Å². The molecule has 3 aromatic rings. The van der Waals surface area contributed by atoms with E-state index in [0.29, 0.717) is 11.1 Å². The molecule has 3 saturated heterocycles. The van der Waals surface area contributed by atoms with Crippen molar-refractivity contribution in [1.82, 2.24) is 10.4 Å². The van der Waals surface area contributed by atoms with Crippen LogP contribution in [-0.2, 0) is 55.2 Å². The number of esters is 2. The fraction of sp³-hybridized carbons (Fsp3) is 0.452. The molecule has 0 radical (unpaired) electrons. The van der Waals surface area contributed by atoms with Crippen LogP contribution in [-0.4, -0.2) is 95.0 Å². The Morgan fingerprint density at radius 2 is 1.62 bits per heavy atom. The Kier molecular flexibility index (Phi) is 11.1. The normalized spacial score (nSPS) is 27.3. The molecule has 1 aliphatic carbocycles. The van der Waals surface area contributed by atoms with Gasteiger partial charge in [-0.05, 0) is 44.4 Å². The third-order valence-corrected chi connectivity index (χ3v) is 10.5. The summed E-state index contributed by atoms with van der Waals surface area (Å²) in [7, 11) is 0. The first-order chi connectivity index (χ1) is 26.5. The van der Waals surface area contributed by atoms with Crippen molar-refractivity contribution in [3.05, 3.63) is 113 Å². The third-order valence-electron chi connectivity index (χ3n) is 10.5. The van der Waals surface area contributed by atoms with Crippen molar-refractivity contribution in [2.24, 2.45) is 5.41 Å². The summed E-state index contributed by atoms with van der Waals surface area (Å²) in [5, 5.41) is 24.0. The van der Waals surface area contributed by atoms with Crippen molar-refractivity contribution < 1.29 is 53.1 Å². The molecule has 3 aromatic carbocycles. The smallest absolute Gasteiger partial charge is 0.327 e. The average Bonchev–Trinajstić information content (AvgIpc) is 3.75. The van der Waals surface area contributed by atoms with Gasteiger partial charge in [-0.1, -0.05) is 84.9 Å². The highest BCUT2D eigenvalue weighted by atomic mass is 16.8. The Labute approximate surface area is 320 Å². The monoisotopic (exact) mass is 756 g/mol. The quantitative estimate of drug-likeness (QED) is 0.124. The molecule has 3 aliphatic heterocycles. The van der Waals surface area contributed by atoms with Crippen LogP contribution < -0.4 is 5.32 Å². The topological polar surface area (TPSA) is 162 Å². The number of nitrogens with zero attached hydrogens (tertiary/aromatic N) is 1. The van der Waals surface area contributed by atoms with E-state index in [0.717, 1.165) is 11.1 Å². The van der Waals surface area contributed by atoms with Crippen LogP contribution in [0.3, 0.4) is 0 Å². The van der Waals surface area contributed by atoms with Crippen molar-refractivity contribution in [2.75, 3.05) is 19.8 Å².